The number of hydrogen-bond acceptors (Lipinski definition) is 4. The summed E-state index contributed by atoms with van der Waals surface area (Å²) in [5.74, 6) is 0.349. The van der Waals surface area contributed by atoms with Crippen molar-refractivity contribution in [1.82, 2.24) is 15.2 Å². The average molecular weight is 351 g/mol. The molecule has 0 aliphatic heterocycles. The highest BCUT2D eigenvalue weighted by atomic mass is 35.5. The first kappa shape index (κ1) is 11.6. The minimum Gasteiger partial charge on any atom is -0.338 e. The summed E-state index contributed by atoms with van der Waals surface area (Å²) >= 11 is 5.88. The smallest absolute Gasteiger partial charge is 0.160 e. The highest BCUT2D eigenvalue weighted by molar-refractivity contribution is 6.30. The van der Waals surface area contributed by atoms with Gasteiger partial charge in [-0.2, -0.15) is 5.10 Å². The van der Waals surface area contributed by atoms with E-state index < -0.39 is 0 Å². The summed E-state index contributed by atoms with van der Waals surface area (Å²) in [7, 11) is 0. The van der Waals surface area contributed by atoms with Crippen molar-refractivity contribution in [2.75, 3.05) is 5.32 Å². The first-order chi connectivity index (χ1) is 14.0. The molecule has 0 spiro atoms. The number of fused-ring (bicyclic) bond motifs is 1. The summed E-state index contributed by atoms with van der Waals surface area (Å²) < 4.78 is 32.1. The van der Waals surface area contributed by atoms with E-state index in [1.54, 1.807) is 12.4 Å². The van der Waals surface area contributed by atoms with Crippen LogP contribution in [0.4, 0.5) is 11.5 Å². The zero-order chi connectivity index (χ0) is 20.5. The fraction of sp³-hybridized carbons (Fsp3) is 0.0500. The standard InChI is InChI=1S/C20H15ClN4/c21-15-5-7-16(8-6-15)23-20-18-4-2-1-3-17(18)19(24-25-20)13-14-9-11-22-12-10-14/h1-12H,13H2,(H,23,25)/i5D,6D,7D,8D. The van der Waals surface area contributed by atoms with Gasteiger partial charge in [-0.1, -0.05) is 35.9 Å². The second-order valence-electron chi connectivity index (χ2n) is 5.39. The molecule has 0 aliphatic rings. The van der Waals surface area contributed by atoms with E-state index in [9.17, 15) is 0 Å². The lowest BCUT2D eigenvalue weighted by Crippen LogP contribution is -2.02. The molecule has 4 nitrogen and oxygen atoms in total. The second kappa shape index (κ2) is 6.87. The quantitative estimate of drug-likeness (QED) is 0.562. The molecule has 4 rings (SSSR count). The number of pyridine rings is 1. The molecule has 2 aromatic heterocycles. The lowest BCUT2D eigenvalue weighted by atomic mass is 10.0. The number of rotatable bonds is 4. The van der Waals surface area contributed by atoms with Crippen LogP contribution in [-0.2, 0) is 6.42 Å². The number of hydrogen-bond donors (Lipinski definition) is 1. The molecule has 2 aromatic carbocycles. The highest BCUT2D eigenvalue weighted by Crippen LogP contribution is 2.27. The van der Waals surface area contributed by atoms with Crippen LogP contribution in [0, 0.1) is 0 Å². The lowest BCUT2D eigenvalue weighted by molar-refractivity contribution is 0.960. The SMILES string of the molecule is [2H]c1c([2H])c(Nc2nnc(Cc3ccncc3)c3ccccc23)c([2H])c([2H])c1Cl. The maximum atomic E-state index is 8.13. The zero-order valence-electron chi connectivity index (χ0n) is 17.0. The molecule has 0 radical (unpaired) electrons. The topological polar surface area (TPSA) is 50.7 Å². The Hall–Kier alpha value is -2.98. The van der Waals surface area contributed by atoms with Crippen molar-refractivity contribution < 1.29 is 5.48 Å². The highest BCUT2D eigenvalue weighted by Gasteiger charge is 2.10. The average Bonchev–Trinajstić information content (AvgIpc) is 2.76. The van der Waals surface area contributed by atoms with Gasteiger partial charge in [0.25, 0.3) is 0 Å². The summed E-state index contributed by atoms with van der Waals surface area (Å²) in [6.45, 7) is 0. The van der Waals surface area contributed by atoms with Gasteiger partial charge in [0.05, 0.1) is 11.2 Å². The Bertz CT molecular complexity index is 1190. The molecule has 0 atom stereocenters. The molecule has 0 fully saturated rings. The van der Waals surface area contributed by atoms with Gasteiger partial charge in [-0.25, -0.2) is 0 Å². The maximum Gasteiger partial charge on any atom is 0.160 e. The molecule has 2 heterocycles. The van der Waals surface area contributed by atoms with Crippen LogP contribution in [0.3, 0.4) is 0 Å². The predicted molar refractivity (Wildman–Crippen MR) is 101 cm³/mol. The molecule has 122 valence electrons. The molecule has 0 amide bonds. The van der Waals surface area contributed by atoms with Crippen molar-refractivity contribution in [3.05, 3.63) is 89.2 Å². The predicted octanol–water partition coefficient (Wildman–Crippen LogP) is 5.01. The normalized spacial score (nSPS) is 13.0. The van der Waals surface area contributed by atoms with Crippen molar-refractivity contribution in [3.8, 4) is 0 Å². The molecule has 0 unspecified atom stereocenters. The molecule has 1 N–H and O–H groups in total. The molecule has 4 aromatic rings. The number of aromatic nitrogens is 3. The van der Waals surface area contributed by atoms with Gasteiger partial charge < -0.3 is 5.32 Å². The van der Waals surface area contributed by atoms with Gasteiger partial charge in [0.1, 0.15) is 0 Å². The Balaban J connectivity index is 1.80. The minimum atomic E-state index is -0.304. The molecule has 0 saturated carbocycles. The van der Waals surface area contributed by atoms with Crippen LogP contribution in [-0.4, -0.2) is 15.2 Å². The van der Waals surface area contributed by atoms with Crippen LogP contribution in [0.15, 0.2) is 73.0 Å². The van der Waals surface area contributed by atoms with E-state index >= 15 is 0 Å². The van der Waals surface area contributed by atoms with Crippen LogP contribution >= 0.6 is 11.6 Å². The first-order valence-corrected chi connectivity index (χ1v) is 8.01. The van der Waals surface area contributed by atoms with Gasteiger partial charge in [-0.3, -0.25) is 4.98 Å². The Morgan fingerprint density at radius 3 is 2.40 bits per heavy atom. The van der Waals surface area contributed by atoms with Crippen molar-refractivity contribution in [3.63, 3.8) is 0 Å². The summed E-state index contributed by atoms with van der Waals surface area (Å²) in [6, 6.07) is 10.3. The summed E-state index contributed by atoms with van der Waals surface area (Å²) in [6.07, 6.45) is 4.03. The van der Waals surface area contributed by atoms with Gasteiger partial charge in [-0.15, -0.1) is 5.10 Å². The number of nitrogens with one attached hydrogen (secondary N) is 1. The molecular formula is C20H15ClN4. The molecule has 0 saturated heterocycles. The zero-order valence-corrected chi connectivity index (χ0v) is 13.8. The van der Waals surface area contributed by atoms with E-state index in [1.807, 2.05) is 36.4 Å². The van der Waals surface area contributed by atoms with Crippen molar-refractivity contribution >= 4 is 33.9 Å². The van der Waals surface area contributed by atoms with Crippen LogP contribution in [0.2, 0.25) is 5.02 Å². The van der Waals surface area contributed by atoms with Crippen LogP contribution in [0.1, 0.15) is 16.7 Å². The number of halogens is 1. The Kier molecular flexibility index (Phi) is 3.17. The summed E-state index contributed by atoms with van der Waals surface area (Å²) in [5.41, 5.74) is 1.84. The minimum absolute atomic E-state index is 0.00531. The first-order valence-electron chi connectivity index (χ1n) is 9.63. The van der Waals surface area contributed by atoms with E-state index in [2.05, 4.69) is 20.5 Å². The monoisotopic (exact) mass is 350 g/mol. The fourth-order valence-electron chi connectivity index (χ4n) is 2.55. The molecule has 25 heavy (non-hydrogen) atoms. The molecule has 0 aliphatic carbocycles. The Morgan fingerprint density at radius 1 is 0.920 bits per heavy atom. The van der Waals surface area contributed by atoms with E-state index in [-0.39, 0.29) is 34.9 Å². The van der Waals surface area contributed by atoms with Gasteiger partial charge in [0.2, 0.25) is 0 Å². The van der Waals surface area contributed by atoms with E-state index in [0.717, 1.165) is 22.0 Å². The molecule has 0 bridgehead atoms. The number of nitrogens with zero attached hydrogens (tertiary/aromatic N) is 3. The van der Waals surface area contributed by atoms with Crippen molar-refractivity contribution in [2.45, 2.75) is 6.42 Å². The largest absolute Gasteiger partial charge is 0.338 e. The third-order valence-corrected chi connectivity index (χ3v) is 3.91. The van der Waals surface area contributed by atoms with Gasteiger partial charge in [-0.05, 0) is 41.9 Å². The second-order valence-corrected chi connectivity index (χ2v) is 5.77. The van der Waals surface area contributed by atoms with Crippen LogP contribution in [0.25, 0.3) is 10.8 Å². The summed E-state index contributed by atoms with van der Waals surface area (Å²) in [4.78, 5) is 4.03. The lowest BCUT2D eigenvalue weighted by Gasteiger charge is -2.11. The number of benzene rings is 2. The van der Waals surface area contributed by atoms with E-state index in [1.165, 1.54) is 0 Å². The summed E-state index contributed by atoms with van der Waals surface area (Å²) in [5, 5.41) is 13.0. The van der Waals surface area contributed by atoms with Crippen LogP contribution < -0.4 is 5.32 Å². The molecule has 5 heteroatoms. The van der Waals surface area contributed by atoms with Crippen LogP contribution in [0.5, 0.6) is 0 Å². The van der Waals surface area contributed by atoms with Crippen molar-refractivity contribution in [2.24, 2.45) is 0 Å². The third-order valence-electron chi connectivity index (χ3n) is 3.72. The van der Waals surface area contributed by atoms with Gasteiger partial charge in [0, 0.05) is 40.3 Å². The Morgan fingerprint density at radius 2 is 1.64 bits per heavy atom. The molecular weight excluding hydrogens is 332 g/mol. The number of anilines is 2. The van der Waals surface area contributed by atoms with Gasteiger partial charge >= 0.3 is 0 Å². The van der Waals surface area contributed by atoms with E-state index in [0.29, 0.717) is 12.2 Å². The third kappa shape index (κ3) is 3.44. The maximum absolute atomic E-state index is 8.13. The fourth-order valence-corrected chi connectivity index (χ4v) is 2.65. The Labute approximate surface area is 156 Å². The van der Waals surface area contributed by atoms with E-state index in [4.69, 9.17) is 17.1 Å². The van der Waals surface area contributed by atoms with Gasteiger partial charge in [0.15, 0.2) is 5.82 Å². The van der Waals surface area contributed by atoms with Crippen molar-refractivity contribution in [1.29, 1.82) is 0 Å².